The molecule has 0 aliphatic rings. The van der Waals surface area contributed by atoms with E-state index in [4.69, 9.17) is 9.90 Å². The lowest BCUT2D eigenvalue weighted by atomic mass is 10.1. The van der Waals surface area contributed by atoms with Crippen molar-refractivity contribution in [3.63, 3.8) is 0 Å². The average molecular weight is 240 g/mol. The van der Waals surface area contributed by atoms with Gasteiger partial charge in [0, 0.05) is 6.92 Å². The van der Waals surface area contributed by atoms with Crippen molar-refractivity contribution in [3.05, 3.63) is 71.8 Å². The van der Waals surface area contributed by atoms with E-state index in [1.807, 2.05) is 36.4 Å². The molecule has 2 heteroatoms. The van der Waals surface area contributed by atoms with Crippen molar-refractivity contribution in [1.29, 1.82) is 0 Å². The molecule has 0 heterocycles. The molecule has 0 bridgehead atoms. The highest BCUT2D eigenvalue weighted by Crippen LogP contribution is 2.06. The molecule has 0 fully saturated rings. The summed E-state index contributed by atoms with van der Waals surface area (Å²) in [4.78, 5) is 9.00. The van der Waals surface area contributed by atoms with Crippen LogP contribution in [0.25, 0.3) is 12.2 Å². The summed E-state index contributed by atoms with van der Waals surface area (Å²) >= 11 is 0. The molecule has 2 aromatic carbocycles. The zero-order valence-corrected chi connectivity index (χ0v) is 10.3. The fraction of sp³-hybridized carbons (Fsp3) is 0.0625. The number of rotatable bonds is 2. The van der Waals surface area contributed by atoms with Crippen molar-refractivity contribution in [2.45, 2.75) is 6.92 Å². The summed E-state index contributed by atoms with van der Waals surface area (Å²) in [5.41, 5.74) is 2.47. The number of hydrogen-bond acceptors (Lipinski definition) is 1. The fourth-order valence-corrected chi connectivity index (χ4v) is 1.32. The summed E-state index contributed by atoms with van der Waals surface area (Å²) < 4.78 is 0. The van der Waals surface area contributed by atoms with Crippen LogP contribution in [0, 0.1) is 0 Å². The second kappa shape index (κ2) is 7.85. The molecule has 18 heavy (non-hydrogen) atoms. The Morgan fingerprint density at radius 2 is 1.11 bits per heavy atom. The minimum Gasteiger partial charge on any atom is -0.481 e. The molecule has 2 rings (SSSR count). The lowest BCUT2D eigenvalue weighted by molar-refractivity contribution is -0.134. The van der Waals surface area contributed by atoms with Crippen molar-refractivity contribution >= 4 is 18.1 Å². The molecular formula is C16H16O2. The highest BCUT2D eigenvalue weighted by molar-refractivity contribution is 5.69. The highest BCUT2D eigenvalue weighted by Gasteiger charge is 1.84. The van der Waals surface area contributed by atoms with E-state index in [-0.39, 0.29) is 0 Å². The monoisotopic (exact) mass is 240 g/mol. The maximum atomic E-state index is 9.00. The lowest BCUT2D eigenvalue weighted by Crippen LogP contribution is -1.78. The van der Waals surface area contributed by atoms with Crippen molar-refractivity contribution in [1.82, 2.24) is 0 Å². The van der Waals surface area contributed by atoms with Crippen LogP contribution in [0.15, 0.2) is 60.7 Å². The Morgan fingerprint density at radius 3 is 1.39 bits per heavy atom. The second-order valence-electron chi connectivity index (χ2n) is 3.67. The van der Waals surface area contributed by atoms with Gasteiger partial charge in [0.1, 0.15) is 0 Å². The van der Waals surface area contributed by atoms with E-state index in [0.29, 0.717) is 0 Å². The van der Waals surface area contributed by atoms with Gasteiger partial charge in [-0.3, -0.25) is 4.79 Å². The summed E-state index contributed by atoms with van der Waals surface area (Å²) in [5, 5.41) is 7.42. The van der Waals surface area contributed by atoms with Crippen LogP contribution in [-0.2, 0) is 4.79 Å². The van der Waals surface area contributed by atoms with Crippen LogP contribution in [0.4, 0.5) is 0 Å². The van der Waals surface area contributed by atoms with Gasteiger partial charge in [-0.05, 0) is 11.1 Å². The Hall–Kier alpha value is -2.35. The Bertz CT molecular complexity index is 442. The van der Waals surface area contributed by atoms with Crippen LogP contribution >= 0.6 is 0 Å². The van der Waals surface area contributed by atoms with Gasteiger partial charge in [-0.15, -0.1) is 0 Å². The molecule has 0 aliphatic carbocycles. The van der Waals surface area contributed by atoms with Gasteiger partial charge in [-0.2, -0.15) is 0 Å². The van der Waals surface area contributed by atoms with Gasteiger partial charge in [-0.25, -0.2) is 0 Å². The maximum Gasteiger partial charge on any atom is 0.300 e. The molecule has 92 valence electrons. The third-order valence-electron chi connectivity index (χ3n) is 2.07. The first-order valence-electron chi connectivity index (χ1n) is 5.66. The van der Waals surface area contributed by atoms with E-state index in [2.05, 4.69) is 36.4 Å². The standard InChI is InChI=1S/C14H12.C2H4O2/c1-3-7-13(8-4-1)11-12-14-9-5-2-6-10-14;1-2(3)4/h1-12H;1H3,(H,3,4). The number of aliphatic carboxylic acids is 1. The summed E-state index contributed by atoms with van der Waals surface area (Å²) in [7, 11) is 0. The molecule has 2 aromatic rings. The Labute approximate surface area is 107 Å². The van der Waals surface area contributed by atoms with Gasteiger partial charge in [0.25, 0.3) is 5.97 Å². The van der Waals surface area contributed by atoms with Crippen LogP contribution < -0.4 is 0 Å². The van der Waals surface area contributed by atoms with E-state index in [1.54, 1.807) is 0 Å². The highest BCUT2D eigenvalue weighted by atomic mass is 16.4. The molecule has 2 nitrogen and oxygen atoms in total. The van der Waals surface area contributed by atoms with Crippen molar-refractivity contribution in [3.8, 4) is 0 Å². The molecule has 0 aromatic heterocycles. The van der Waals surface area contributed by atoms with E-state index in [0.717, 1.165) is 6.92 Å². The predicted octanol–water partition coefficient (Wildman–Crippen LogP) is 3.95. The normalized spacial score (nSPS) is 9.61. The first-order valence-corrected chi connectivity index (χ1v) is 5.66. The van der Waals surface area contributed by atoms with E-state index < -0.39 is 5.97 Å². The SMILES string of the molecule is C(=Cc1ccccc1)c1ccccc1.CC(=O)O. The minimum absolute atomic E-state index is 0.833. The molecular weight excluding hydrogens is 224 g/mol. The average Bonchev–Trinajstić information content (AvgIpc) is 2.38. The van der Waals surface area contributed by atoms with Crippen LogP contribution in [0.3, 0.4) is 0 Å². The van der Waals surface area contributed by atoms with Crippen LogP contribution in [-0.4, -0.2) is 11.1 Å². The number of hydrogen-bond donors (Lipinski definition) is 1. The zero-order chi connectivity index (χ0) is 13.2. The largest absolute Gasteiger partial charge is 0.481 e. The molecule has 0 spiro atoms. The minimum atomic E-state index is -0.833. The topological polar surface area (TPSA) is 37.3 Å². The molecule has 1 N–H and O–H groups in total. The Balaban J connectivity index is 0.000000357. The van der Waals surface area contributed by atoms with Gasteiger partial charge < -0.3 is 5.11 Å². The van der Waals surface area contributed by atoms with Crippen molar-refractivity contribution in [2.24, 2.45) is 0 Å². The van der Waals surface area contributed by atoms with Gasteiger partial charge in [0.15, 0.2) is 0 Å². The predicted molar refractivity (Wildman–Crippen MR) is 75.1 cm³/mol. The summed E-state index contributed by atoms with van der Waals surface area (Å²) in [6, 6.07) is 20.6. The number of benzene rings is 2. The third-order valence-corrected chi connectivity index (χ3v) is 2.07. The van der Waals surface area contributed by atoms with Gasteiger partial charge >= 0.3 is 0 Å². The zero-order valence-electron chi connectivity index (χ0n) is 10.3. The first-order chi connectivity index (χ1) is 8.68. The first kappa shape index (κ1) is 13.7. The summed E-state index contributed by atoms with van der Waals surface area (Å²) in [6.07, 6.45) is 4.24. The quantitative estimate of drug-likeness (QED) is 0.807. The number of carbonyl (C=O) groups is 1. The summed E-state index contributed by atoms with van der Waals surface area (Å²) in [6.45, 7) is 1.08. The van der Waals surface area contributed by atoms with Gasteiger partial charge in [0.2, 0.25) is 0 Å². The Morgan fingerprint density at radius 1 is 0.833 bits per heavy atom. The third kappa shape index (κ3) is 6.28. The molecule has 0 saturated heterocycles. The molecule has 0 amide bonds. The van der Waals surface area contributed by atoms with Crippen LogP contribution in [0.2, 0.25) is 0 Å². The lowest BCUT2D eigenvalue weighted by Gasteiger charge is -1.92. The molecule has 0 unspecified atom stereocenters. The summed E-state index contributed by atoms with van der Waals surface area (Å²) in [5.74, 6) is -0.833. The van der Waals surface area contributed by atoms with E-state index in [1.165, 1.54) is 11.1 Å². The molecule has 0 radical (unpaired) electrons. The number of carboxylic acid groups (broad SMARTS) is 1. The fourth-order valence-electron chi connectivity index (χ4n) is 1.32. The van der Waals surface area contributed by atoms with E-state index >= 15 is 0 Å². The second-order valence-corrected chi connectivity index (χ2v) is 3.67. The van der Waals surface area contributed by atoms with Crippen LogP contribution in [0.5, 0.6) is 0 Å². The molecule has 0 atom stereocenters. The van der Waals surface area contributed by atoms with Crippen molar-refractivity contribution < 1.29 is 9.90 Å². The Kier molecular flexibility index (Phi) is 5.98. The molecule has 0 saturated carbocycles. The maximum absolute atomic E-state index is 9.00. The van der Waals surface area contributed by atoms with Crippen molar-refractivity contribution in [2.75, 3.05) is 0 Å². The van der Waals surface area contributed by atoms with Crippen LogP contribution in [0.1, 0.15) is 18.1 Å². The smallest absolute Gasteiger partial charge is 0.300 e. The van der Waals surface area contributed by atoms with E-state index in [9.17, 15) is 0 Å². The molecule has 0 aliphatic heterocycles. The number of carboxylic acids is 1. The van der Waals surface area contributed by atoms with Gasteiger partial charge in [-0.1, -0.05) is 72.8 Å². The van der Waals surface area contributed by atoms with Gasteiger partial charge in [0.05, 0.1) is 0 Å².